The highest BCUT2D eigenvalue weighted by atomic mass is 32.2. The first-order valence-corrected chi connectivity index (χ1v) is 8.04. The molecule has 0 aromatic carbocycles. The number of hydrogen-bond acceptors (Lipinski definition) is 6. The van der Waals surface area contributed by atoms with Crippen molar-refractivity contribution >= 4 is 40.0 Å². The summed E-state index contributed by atoms with van der Waals surface area (Å²) in [5.41, 5.74) is 5.77. The van der Waals surface area contributed by atoms with E-state index in [1.165, 1.54) is 24.2 Å². The number of aromatic nitrogens is 1. The van der Waals surface area contributed by atoms with Gasteiger partial charge in [-0.2, -0.15) is 11.8 Å². The Balaban J connectivity index is 1.93. The van der Waals surface area contributed by atoms with Gasteiger partial charge in [0.1, 0.15) is 10.7 Å². The summed E-state index contributed by atoms with van der Waals surface area (Å²) < 4.78 is 0. The maximum Gasteiger partial charge on any atom is 0.265 e. The lowest BCUT2D eigenvalue weighted by atomic mass is 10.4. The van der Waals surface area contributed by atoms with Crippen LogP contribution < -0.4 is 16.4 Å². The van der Waals surface area contributed by atoms with Crippen molar-refractivity contribution < 1.29 is 4.79 Å². The second-order valence-electron chi connectivity index (χ2n) is 4.41. The zero-order valence-electron chi connectivity index (χ0n) is 10.5. The average Bonchev–Trinajstić information content (AvgIpc) is 3.08. The summed E-state index contributed by atoms with van der Waals surface area (Å²) in [6.45, 7) is 2.71. The Bertz CT molecular complexity index is 431. The number of carbonyl (C=O) groups is 1. The van der Waals surface area contributed by atoms with Crippen molar-refractivity contribution in [3.8, 4) is 0 Å². The van der Waals surface area contributed by atoms with Crippen molar-refractivity contribution in [3.63, 3.8) is 0 Å². The molecule has 1 saturated carbocycles. The summed E-state index contributed by atoms with van der Waals surface area (Å²) in [6.07, 6.45) is 4.37. The largest absolute Gasteiger partial charge is 0.382 e. The van der Waals surface area contributed by atoms with Crippen LogP contribution in [0.5, 0.6) is 0 Å². The Hall–Kier alpha value is -0.950. The number of thioether (sulfide) groups is 1. The second-order valence-corrected chi connectivity index (χ2v) is 6.68. The monoisotopic (exact) mass is 286 g/mol. The molecule has 1 atom stereocenters. The van der Waals surface area contributed by atoms with Gasteiger partial charge in [-0.1, -0.05) is 18.3 Å². The minimum Gasteiger partial charge on any atom is -0.382 e. The Morgan fingerprint density at radius 1 is 1.67 bits per heavy atom. The van der Waals surface area contributed by atoms with Gasteiger partial charge in [-0.15, -0.1) is 0 Å². The summed E-state index contributed by atoms with van der Waals surface area (Å²) in [4.78, 5) is 16.6. The van der Waals surface area contributed by atoms with Crippen molar-refractivity contribution in [2.75, 3.05) is 23.9 Å². The van der Waals surface area contributed by atoms with Crippen LogP contribution in [0.4, 0.5) is 10.9 Å². The van der Waals surface area contributed by atoms with Crippen LogP contribution in [0.25, 0.3) is 0 Å². The van der Waals surface area contributed by atoms with Crippen LogP contribution in [0.3, 0.4) is 0 Å². The molecule has 0 radical (unpaired) electrons. The summed E-state index contributed by atoms with van der Waals surface area (Å²) >= 11 is 3.05. The zero-order valence-corrected chi connectivity index (χ0v) is 12.2. The van der Waals surface area contributed by atoms with Crippen LogP contribution in [-0.2, 0) is 0 Å². The number of nitrogens with two attached hydrogens (primary N) is 1. The number of hydrogen-bond donors (Lipinski definition) is 3. The maximum absolute atomic E-state index is 11.9. The smallest absolute Gasteiger partial charge is 0.265 e. The zero-order chi connectivity index (χ0) is 13.1. The van der Waals surface area contributed by atoms with E-state index in [-0.39, 0.29) is 5.91 Å². The van der Waals surface area contributed by atoms with Gasteiger partial charge in [-0.25, -0.2) is 4.98 Å². The van der Waals surface area contributed by atoms with Crippen LogP contribution in [-0.4, -0.2) is 35.0 Å². The summed E-state index contributed by atoms with van der Waals surface area (Å²) in [6, 6.07) is 0.517. The van der Waals surface area contributed by atoms with Crippen molar-refractivity contribution in [1.82, 2.24) is 10.3 Å². The average molecular weight is 286 g/mol. The predicted octanol–water partition coefficient (Wildman–Crippen LogP) is 1.78. The topological polar surface area (TPSA) is 80.0 Å². The molecule has 1 aromatic heterocycles. The molecule has 1 unspecified atom stereocenters. The van der Waals surface area contributed by atoms with Crippen LogP contribution in [0.2, 0.25) is 0 Å². The Kier molecular flexibility index (Phi) is 4.34. The molecule has 0 saturated heterocycles. The molecule has 0 spiro atoms. The van der Waals surface area contributed by atoms with E-state index in [4.69, 9.17) is 5.73 Å². The highest BCUT2D eigenvalue weighted by Gasteiger charge is 2.24. The van der Waals surface area contributed by atoms with Gasteiger partial charge in [0.25, 0.3) is 5.91 Å². The Morgan fingerprint density at radius 3 is 3.00 bits per heavy atom. The molecule has 1 fully saturated rings. The molecular weight excluding hydrogens is 268 g/mol. The van der Waals surface area contributed by atoms with Gasteiger partial charge in [-0.3, -0.25) is 4.79 Å². The normalized spacial score (nSPS) is 16.3. The van der Waals surface area contributed by atoms with Crippen LogP contribution in [0.15, 0.2) is 0 Å². The molecule has 100 valence electrons. The lowest BCUT2D eigenvalue weighted by molar-refractivity contribution is 0.0959. The molecule has 7 heteroatoms. The first-order valence-electron chi connectivity index (χ1n) is 5.94. The first kappa shape index (κ1) is 13.5. The number of rotatable bonds is 6. The molecule has 1 heterocycles. The van der Waals surface area contributed by atoms with E-state index in [0.29, 0.717) is 28.5 Å². The van der Waals surface area contributed by atoms with Gasteiger partial charge in [0, 0.05) is 17.8 Å². The number of carbonyl (C=O) groups excluding carboxylic acids is 1. The van der Waals surface area contributed by atoms with Crippen molar-refractivity contribution in [3.05, 3.63) is 4.88 Å². The lowest BCUT2D eigenvalue weighted by Gasteiger charge is -2.08. The van der Waals surface area contributed by atoms with E-state index in [2.05, 4.69) is 22.5 Å². The van der Waals surface area contributed by atoms with Crippen LogP contribution in [0, 0.1) is 0 Å². The van der Waals surface area contributed by atoms with Crippen molar-refractivity contribution in [2.24, 2.45) is 0 Å². The van der Waals surface area contributed by atoms with Gasteiger partial charge in [0.15, 0.2) is 5.13 Å². The van der Waals surface area contributed by atoms with Gasteiger partial charge in [0.2, 0.25) is 0 Å². The third-order valence-corrected chi connectivity index (χ3v) is 4.69. The molecule has 4 N–H and O–H groups in total. The third-order valence-electron chi connectivity index (χ3n) is 2.72. The quantitative estimate of drug-likeness (QED) is 0.743. The number of amides is 1. The minimum absolute atomic E-state index is 0.130. The molecule has 1 aliphatic carbocycles. The molecule has 0 bridgehead atoms. The highest BCUT2D eigenvalue weighted by Crippen LogP contribution is 2.30. The molecule has 5 nitrogen and oxygen atoms in total. The standard InChI is InChI=1S/C11H18N4OS2/c1-6(17-2)5-13-10(16)8-9(12)15-11(18-8)14-7-3-4-7/h6-7H,3-5,12H2,1-2H3,(H,13,16)(H,14,15). The Morgan fingerprint density at radius 2 is 2.39 bits per heavy atom. The summed E-state index contributed by atoms with van der Waals surface area (Å²) in [5, 5.41) is 7.27. The van der Waals surface area contributed by atoms with Crippen molar-refractivity contribution in [1.29, 1.82) is 0 Å². The SMILES string of the molecule is CSC(C)CNC(=O)c1sc(NC2CC2)nc1N. The van der Waals surface area contributed by atoms with Crippen molar-refractivity contribution in [2.45, 2.75) is 31.1 Å². The molecule has 1 aliphatic rings. The van der Waals surface area contributed by atoms with Gasteiger partial charge < -0.3 is 16.4 Å². The fraction of sp³-hybridized carbons (Fsp3) is 0.636. The summed E-state index contributed by atoms with van der Waals surface area (Å²) in [7, 11) is 0. The lowest BCUT2D eigenvalue weighted by Crippen LogP contribution is -2.29. The van der Waals surface area contributed by atoms with Gasteiger partial charge >= 0.3 is 0 Å². The minimum atomic E-state index is -0.130. The molecule has 18 heavy (non-hydrogen) atoms. The fourth-order valence-electron chi connectivity index (χ4n) is 1.36. The van der Waals surface area contributed by atoms with Crippen LogP contribution >= 0.6 is 23.1 Å². The van der Waals surface area contributed by atoms with Gasteiger partial charge in [-0.05, 0) is 19.1 Å². The molecule has 0 aliphatic heterocycles. The predicted molar refractivity (Wildman–Crippen MR) is 78.5 cm³/mol. The van der Waals surface area contributed by atoms with E-state index in [9.17, 15) is 4.79 Å². The Labute approximate surface area is 115 Å². The second kappa shape index (κ2) is 5.79. The number of anilines is 2. The molecule has 1 amide bonds. The van der Waals surface area contributed by atoms with E-state index < -0.39 is 0 Å². The fourth-order valence-corrected chi connectivity index (χ4v) is 2.49. The number of nitrogens with zero attached hydrogens (tertiary/aromatic N) is 1. The van der Waals surface area contributed by atoms with Gasteiger partial charge in [0.05, 0.1) is 0 Å². The van der Waals surface area contributed by atoms with E-state index >= 15 is 0 Å². The summed E-state index contributed by atoms with van der Waals surface area (Å²) in [5.74, 6) is 0.187. The maximum atomic E-state index is 11.9. The van der Waals surface area contributed by atoms with E-state index in [1.807, 2.05) is 6.26 Å². The molecule has 2 rings (SSSR count). The van der Waals surface area contributed by atoms with E-state index in [1.54, 1.807) is 11.8 Å². The number of nitrogen functional groups attached to an aromatic ring is 1. The molecular formula is C11H18N4OS2. The number of thiazole rings is 1. The first-order chi connectivity index (χ1) is 8.60. The van der Waals surface area contributed by atoms with Crippen LogP contribution in [0.1, 0.15) is 29.4 Å². The highest BCUT2D eigenvalue weighted by molar-refractivity contribution is 7.99. The molecule has 1 aromatic rings. The van der Waals surface area contributed by atoms with E-state index in [0.717, 1.165) is 5.13 Å². The number of nitrogens with one attached hydrogen (secondary N) is 2. The third kappa shape index (κ3) is 3.52.